The van der Waals surface area contributed by atoms with E-state index in [1.807, 2.05) is 0 Å². The number of nitrogens with two attached hydrogens (primary N) is 1. The summed E-state index contributed by atoms with van der Waals surface area (Å²) in [7, 11) is 0. The maximum absolute atomic E-state index is 6.72. The molecule has 0 spiro atoms. The fraction of sp³-hybridized carbons (Fsp3) is 0.667. The Bertz CT molecular complexity index is 432. The van der Waals surface area contributed by atoms with E-state index >= 15 is 0 Å². The molecule has 2 N–H and O–H groups in total. The summed E-state index contributed by atoms with van der Waals surface area (Å²) in [5, 5.41) is 0. The van der Waals surface area contributed by atoms with Gasteiger partial charge in [0, 0.05) is 10.0 Å². The van der Waals surface area contributed by atoms with Crippen LogP contribution < -0.4 is 5.73 Å². The van der Waals surface area contributed by atoms with E-state index in [1.54, 1.807) is 0 Å². The highest BCUT2D eigenvalue weighted by molar-refractivity contribution is 9.10. The Labute approximate surface area is 132 Å². The van der Waals surface area contributed by atoms with Gasteiger partial charge in [-0.05, 0) is 61.1 Å². The van der Waals surface area contributed by atoms with Crippen molar-refractivity contribution in [3.8, 4) is 0 Å². The molecule has 0 amide bonds. The molecule has 1 saturated carbocycles. The van der Waals surface area contributed by atoms with Gasteiger partial charge in [-0.1, -0.05) is 55.3 Å². The third-order valence-corrected chi connectivity index (χ3v) is 5.44. The summed E-state index contributed by atoms with van der Waals surface area (Å²) in [6, 6.07) is 8.64. The maximum atomic E-state index is 6.72. The molecule has 1 aromatic rings. The molecular formula is C18H28BrN. The molecule has 112 valence electrons. The van der Waals surface area contributed by atoms with Crippen molar-refractivity contribution in [2.45, 2.75) is 64.8 Å². The zero-order chi connectivity index (χ0) is 14.8. The van der Waals surface area contributed by atoms with Gasteiger partial charge in [0.05, 0.1) is 0 Å². The van der Waals surface area contributed by atoms with Gasteiger partial charge in [0.2, 0.25) is 0 Å². The van der Waals surface area contributed by atoms with Gasteiger partial charge < -0.3 is 5.73 Å². The third-order valence-electron chi connectivity index (χ3n) is 4.91. The van der Waals surface area contributed by atoms with Crippen molar-refractivity contribution in [1.82, 2.24) is 0 Å². The van der Waals surface area contributed by atoms with E-state index in [9.17, 15) is 0 Å². The first kappa shape index (κ1) is 16.0. The lowest BCUT2D eigenvalue weighted by Gasteiger charge is -2.31. The smallest absolute Gasteiger partial charge is 0.0195 e. The Morgan fingerprint density at radius 3 is 2.40 bits per heavy atom. The molecule has 0 aliphatic heterocycles. The van der Waals surface area contributed by atoms with Crippen LogP contribution in [0.5, 0.6) is 0 Å². The number of rotatable bonds is 2. The summed E-state index contributed by atoms with van der Waals surface area (Å²) in [4.78, 5) is 0. The van der Waals surface area contributed by atoms with Crippen LogP contribution in [0.1, 0.15) is 58.4 Å². The first-order valence-corrected chi connectivity index (χ1v) is 8.61. The van der Waals surface area contributed by atoms with Crippen molar-refractivity contribution >= 4 is 15.9 Å². The van der Waals surface area contributed by atoms with Gasteiger partial charge in [0.25, 0.3) is 0 Å². The standard InChI is InChI=1S/C18H28BrN/c1-17(2,3)15-5-4-11-18(20,12-10-15)13-14-6-8-16(19)9-7-14/h6-9,15H,4-5,10-13,20H2,1-3H3. The first-order valence-electron chi connectivity index (χ1n) is 7.82. The lowest BCUT2D eigenvalue weighted by Crippen LogP contribution is -2.41. The fourth-order valence-corrected chi connectivity index (χ4v) is 3.75. The monoisotopic (exact) mass is 337 g/mol. The van der Waals surface area contributed by atoms with Gasteiger partial charge in [-0.2, -0.15) is 0 Å². The molecule has 2 unspecified atom stereocenters. The Balaban J connectivity index is 2.02. The molecule has 1 aliphatic rings. The minimum atomic E-state index is -0.00612. The molecule has 1 nitrogen and oxygen atoms in total. The summed E-state index contributed by atoms with van der Waals surface area (Å²) < 4.78 is 1.14. The number of hydrogen-bond donors (Lipinski definition) is 1. The molecule has 20 heavy (non-hydrogen) atoms. The van der Waals surface area contributed by atoms with Gasteiger partial charge in [-0.3, -0.25) is 0 Å². The molecule has 2 atom stereocenters. The maximum Gasteiger partial charge on any atom is 0.0195 e. The lowest BCUT2D eigenvalue weighted by molar-refractivity contribution is 0.210. The number of benzene rings is 1. The fourth-order valence-electron chi connectivity index (χ4n) is 3.48. The highest BCUT2D eigenvalue weighted by atomic mass is 79.9. The quantitative estimate of drug-likeness (QED) is 0.726. The van der Waals surface area contributed by atoms with Crippen LogP contribution >= 0.6 is 15.9 Å². The molecule has 2 heteroatoms. The zero-order valence-electron chi connectivity index (χ0n) is 13.1. The largest absolute Gasteiger partial charge is 0.325 e. The van der Waals surface area contributed by atoms with E-state index in [4.69, 9.17) is 5.73 Å². The molecule has 0 heterocycles. The van der Waals surface area contributed by atoms with Gasteiger partial charge in [0.1, 0.15) is 0 Å². The van der Waals surface area contributed by atoms with E-state index in [2.05, 4.69) is 61.0 Å². The lowest BCUT2D eigenvalue weighted by atomic mass is 9.76. The molecule has 2 rings (SSSR count). The van der Waals surface area contributed by atoms with Crippen molar-refractivity contribution in [3.05, 3.63) is 34.3 Å². The molecule has 1 fully saturated rings. The summed E-state index contributed by atoms with van der Waals surface area (Å²) >= 11 is 3.50. The molecule has 1 aromatic carbocycles. The van der Waals surface area contributed by atoms with Gasteiger partial charge in [-0.25, -0.2) is 0 Å². The van der Waals surface area contributed by atoms with Gasteiger partial charge in [0.15, 0.2) is 0 Å². The average molecular weight is 338 g/mol. The van der Waals surface area contributed by atoms with Crippen molar-refractivity contribution in [3.63, 3.8) is 0 Å². The topological polar surface area (TPSA) is 26.0 Å². The van der Waals surface area contributed by atoms with Crippen LogP contribution in [0.2, 0.25) is 0 Å². The Kier molecular flexibility index (Phi) is 4.96. The van der Waals surface area contributed by atoms with Gasteiger partial charge in [-0.15, -0.1) is 0 Å². The highest BCUT2D eigenvalue weighted by Gasteiger charge is 2.33. The SMILES string of the molecule is CC(C)(C)C1CCCC(N)(Cc2ccc(Br)cc2)CC1. The van der Waals surface area contributed by atoms with Crippen LogP contribution in [0.3, 0.4) is 0 Å². The van der Waals surface area contributed by atoms with E-state index in [0.29, 0.717) is 5.41 Å². The summed E-state index contributed by atoms with van der Waals surface area (Å²) in [6.45, 7) is 7.11. The summed E-state index contributed by atoms with van der Waals surface area (Å²) in [6.07, 6.45) is 7.21. The van der Waals surface area contributed by atoms with Crippen molar-refractivity contribution < 1.29 is 0 Å². The second-order valence-corrected chi connectivity index (χ2v) is 8.58. The van der Waals surface area contributed by atoms with E-state index in [0.717, 1.165) is 29.7 Å². The molecular weight excluding hydrogens is 310 g/mol. The summed E-state index contributed by atoms with van der Waals surface area (Å²) in [5.74, 6) is 0.817. The second-order valence-electron chi connectivity index (χ2n) is 7.66. The predicted molar refractivity (Wildman–Crippen MR) is 90.8 cm³/mol. The van der Waals surface area contributed by atoms with Crippen molar-refractivity contribution in [1.29, 1.82) is 0 Å². The summed E-state index contributed by atoms with van der Waals surface area (Å²) in [5.41, 5.74) is 8.50. The zero-order valence-corrected chi connectivity index (χ0v) is 14.7. The first-order chi connectivity index (χ1) is 9.28. The van der Waals surface area contributed by atoms with Gasteiger partial charge >= 0.3 is 0 Å². The van der Waals surface area contributed by atoms with E-state index < -0.39 is 0 Å². The molecule has 0 bridgehead atoms. The van der Waals surface area contributed by atoms with Crippen LogP contribution in [0.4, 0.5) is 0 Å². The average Bonchev–Trinajstić information content (AvgIpc) is 2.54. The Morgan fingerprint density at radius 1 is 1.15 bits per heavy atom. The molecule has 0 radical (unpaired) electrons. The minimum absolute atomic E-state index is 0.00612. The predicted octanol–water partition coefficient (Wildman–Crippen LogP) is 5.32. The van der Waals surface area contributed by atoms with Crippen LogP contribution in [-0.4, -0.2) is 5.54 Å². The van der Waals surface area contributed by atoms with Crippen LogP contribution in [-0.2, 0) is 6.42 Å². The Hall–Kier alpha value is -0.340. The van der Waals surface area contributed by atoms with Crippen LogP contribution in [0, 0.1) is 11.3 Å². The Morgan fingerprint density at radius 2 is 1.80 bits per heavy atom. The number of hydrogen-bond acceptors (Lipinski definition) is 1. The third kappa shape index (κ3) is 4.33. The number of halogens is 1. The van der Waals surface area contributed by atoms with E-state index in [-0.39, 0.29) is 5.54 Å². The highest BCUT2D eigenvalue weighted by Crippen LogP contribution is 2.39. The normalized spacial score (nSPS) is 28.1. The molecule has 0 aromatic heterocycles. The molecule has 0 saturated heterocycles. The van der Waals surface area contributed by atoms with Crippen molar-refractivity contribution in [2.75, 3.05) is 0 Å². The van der Waals surface area contributed by atoms with Crippen LogP contribution in [0.15, 0.2) is 28.7 Å². The minimum Gasteiger partial charge on any atom is -0.325 e. The van der Waals surface area contributed by atoms with Crippen molar-refractivity contribution in [2.24, 2.45) is 17.1 Å². The molecule has 1 aliphatic carbocycles. The van der Waals surface area contributed by atoms with Crippen LogP contribution in [0.25, 0.3) is 0 Å². The van der Waals surface area contributed by atoms with E-state index in [1.165, 1.54) is 24.8 Å². The second kappa shape index (κ2) is 6.19.